The molecule has 0 aliphatic carbocycles. The summed E-state index contributed by atoms with van der Waals surface area (Å²) in [5.74, 6) is 0.0734. The number of rotatable bonds is 5. The molecule has 28 heavy (non-hydrogen) atoms. The van der Waals surface area contributed by atoms with Gasteiger partial charge >= 0.3 is 0 Å². The first-order valence-electron chi connectivity index (χ1n) is 9.09. The van der Waals surface area contributed by atoms with E-state index in [0.717, 1.165) is 28.6 Å². The Morgan fingerprint density at radius 1 is 1.11 bits per heavy atom. The zero-order chi connectivity index (χ0) is 20.3. The Balaban J connectivity index is 2.06. The van der Waals surface area contributed by atoms with Crippen molar-refractivity contribution in [3.05, 3.63) is 59.3 Å². The van der Waals surface area contributed by atoms with Crippen LogP contribution in [0.25, 0.3) is 10.9 Å². The van der Waals surface area contributed by atoms with Crippen molar-refractivity contribution in [3.63, 3.8) is 0 Å². The highest BCUT2D eigenvalue weighted by molar-refractivity contribution is 6.14. The van der Waals surface area contributed by atoms with Gasteiger partial charge in [-0.3, -0.25) is 14.6 Å². The molecule has 0 spiro atoms. The van der Waals surface area contributed by atoms with Crippen molar-refractivity contribution in [1.82, 2.24) is 4.98 Å². The molecule has 2 N–H and O–H groups in total. The number of ether oxygens (including phenoxy) is 1. The zero-order valence-electron chi connectivity index (χ0n) is 16.4. The lowest BCUT2D eigenvalue weighted by Gasteiger charge is -2.16. The molecule has 0 radical (unpaired) electrons. The molecule has 2 amide bonds. The van der Waals surface area contributed by atoms with Crippen LogP contribution in [0.15, 0.2) is 42.5 Å². The lowest BCUT2D eigenvalue weighted by Crippen LogP contribution is -2.17. The number of nitrogens with zero attached hydrogens (tertiary/aromatic N) is 1. The molecule has 3 aromatic rings. The van der Waals surface area contributed by atoms with E-state index in [1.807, 2.05) is 38.1 Å². The maximum atomic E-state index is 13.2. The molecule has 0 aliphatic rings. The van der Waals surface area contributed by atoms with Crippen molar-refractivity contribution >= 4 is 34.1 Å². The summed E-state index contributed by atoms with van der Waals surface area (Å²) in [4.78, 5) is 29.3. The molecule has 0 saturated heterocycles. The van der Waals surface area contributed by atoms with E-state index in [9.17, 15) is 9.59 Å². The van der Waals surface area contributed by atoms with E-state index in [2.05, 4.69) is 15.6 Å². The molecule has 2 aromatic carbocycles. The number of anilines is 2. The third-order valence-electron chi connectivity index (χ3n) is 4.57. The largest absolute Gasteiger partial charge is 0.495 e. The van der Waals surface area contributed by atoms with E-state index >= 15 is 0 Å². The fraction of sp³-hybridized carbons (Fsp3) is 0.227. The molecular formula is C22H23N3O3. The van der Waals surface area contributed by atoms with Gasteiger partial charge in [-0.25, -0.2) is 0 Å². The molecule has 0 atom stereocenters. The first-order chi connectivity index (χ1) is 13.4. The fourth-order valence-corrected chi connectivity index (χ4v) is 3.27. The monoisotopic (exact) mass is 377 g/mol. The summed E-state index contributed by atoms with van der Waals surface area (Å²) < 4.78 is 5.36. The van der Waals surface area contributed by atoms with E-state index in [0.29, 0.717) is 22.7 Å². The molecule has 1 aromatic heterocycles. The van der Waals surface area contributed by atoms with Crippen molar-refractivity contribution in [2.45, 2.75) is 27.2 Å². The van der Waals surface area contributed by atoms with Gasteiger partial charge in [-0.05, 0) is 43.2 Å². The maximum absolute atomic E-state index is 13.2. The summed E-state index contributed by atoms with van der Waals surface area (Å²) in [5, 5.41) is 6.44. The second-order valence-electron chi connectivity index (χ2n) is 6.48. The number of hydrogen-bond donors (Lipinski definition) is 2. The van der Waals surface area contributed by atoms with Crippen molar-refractivity contribution in [2.75, 3.05) is 17.7 Å². The highest BCUT2D eigenvalue weighted by atomic mass is 16.5. The van der Waals surface area contributed by atoms with Gasteiger partial charge in [-0.2, -0.15) is 0 Å². The fourth-order valence-electron chi connectivity index (χ4n) is 3.27. The van der Waals surface area contributed by atoms with E-state index in [4.69, 9.17) is 4.74 Å². The van der Waals surface area contributed by atoms with Crippen molar-refractivity contribution < 1.29 is 14.3 Å². The lowest BCUT2D eigenvalue weighted by molar-refractivity contribution is -0.114. The molecule has 0 fully saturated rings. The number of aromatic nitrogens is 1. The van der Waals surface area contributed by atoms with Crippen LogP contribution in [-0.2, 0) is 11.2 Å². The number of carbonyl (C=O) groups is 2. The lowest BCUT2D eigenvalue weighted by atomic mass is 9.99. The Morgan fingerprint density at radius 3 is 2.54 bits per heavy atom. The highest BCUT2D eigenvalue weighted by Gasteiger charge is 2.19. The van der Waals surface area contributed by atoms with Gasteiger partial charge in [0.15, 0.2) is 0 Å². The van der Waals surface area contributed by atoms with Crippen LogP contribution in [0.5, 0.6) is 5.75 Å². The average molecular weight is 377 g/mol. The molecule has 0 saturated carbocycles. The minimum atomic E-state index is -0.246. The molecule has 1 heterocycles. The Morgan fingerprint density at radius 2 is 1.86 bits per heavy atom. The summed E-state index contributed by atoms with van der Waals surface area (Å²) in [6.07, 6.45) is 0.734. The van der Waals surface area contributed by atoms with Gasteiger partial charge in [0.05, 0.1) is 23.9 Å². The Bertz CT molecular complexity index is 1060. The van der Waals surface area contributed by atoms with E-state index < -0.39 is 0 Å². The quantitative estimate of drug-likeness (QED) is 0.694. The molecule has 0 unspecified atom stereocenters. The second kappa shape index (κ2) is 8.08. The summed E-state index contributed by atoms with van der Waals surface area (Å²) in [6.45, 7) is 5.37. The van der Waals surface area contributed by atoms with Crippen LogP contribution >= 0.6 is 0 Å². The third-order valence-corrected chi connectivity index (χ3v) is 4.57. The third kappa shape index (κ3) is 3.81. The van der Waals surface area contributed by atoms with Crippen LogP contribution in [-0.4, -0.2) is 23.9 Å². The Hall–Kier alpha value is -3.41. The van der Waals surface area contributed by atoms with Gasteiger partial charge in [-0.1, -0.05) is 25.1 Å². The van der Waals surface area contributed by atoms with Crippen LogP contribution in [0.3, 0.4) is 0 Å². The minimum absolute atomic E-state index is 0.189. The summed E-state index contributed by atoms with van der Waals surface area (Å²) in [6, 6.07) is 12.7. The standard InChI is InChI=1S/C22H23N3O3/c1-5-17-13(2)21(16-8-6-7-9-18(16)24-17)22(27)25-19-12-15(23-14(3)26)10-11-20(19)28-4/h6-12H,5H2,1-4H3,(H,23,26)(H,25,27). The van der Waals surface area contributed by atoms with Crippen LogP contribution in [0.1, 0.15) is 35.5 Å². The first kappa shape index (κ1) is 19.4. The van der Waals surface area contributed by atoms with Crippen LogP contribution in [0.2, 0.25) is 0 Å². The van der Waals surface area contributed by atoms with Gasteiger partial charge < -0.3 is 15.4 Å². The van der Waals surface area contributed by atoms with Crippen molar-refractivity contribution in [2.24, 2.45) is 0 Å². The molecule has 6 heteroatoms. The normalized spacial score (nSPS) is 10.6. The number of benzene rings is 2. The van der Waals surface area contributed by atoms with Crippen molar-refractivity contribution in [3.8, 4) is 5.75 Å². The van der Waals surface area contributed by atoms with Gasteiger partial charge in [0, 0.05) is 23.7 Å². The van der Waals surface area contributed by atoms with Crippen LogP contribution in [0, 0.1) is 6.92 Å². The number of methoxy groups -OCH3 is 1. The predicted octanol–water partition coefficient (Wildman–Crippen LogP) is 4.32. The zero-order valence-corrected chi connectivity index (χ0v) is 16.4. The van der Waals surface area contributed by atoms with Gasteiger partial charge in [0.25, 0.3) is 5.91 Å². The topological polar surface area (TPSA) is 80.3 Å². The van der Waals surface area contributed by atoms with E-state index in [1.165, 1.54) is 14.0 Å². The molecule has 0 aliphatic heterocycles. The molecule has 0 bridgehead atoms. The number of pyridine rings is 1. The number of fused-ring (bicyclic) bond motifs is 1. The SMILES string of the molecule is CCc1nc2ccccc2c(C(=O)Nc2cc(NC(C)=O)ccc2OC)c1C. The average Bonchev–Trinajstić information content (AvgIpc) is 2.67. The predicted molar refractivity (Wildman–Crippen MR) is 111 cm³/mol. The number of nitrogens with one attached hydrogen (secondary N) is 2. The molecule has 3 rings (SSSR count). The molecule has 144 valence electrons. The van der Waals surface area contributed by atoms with Gasteiger partial charge in [-0.15, -0.1) is 0 Å². The number of para-hydroxylation sites is 1. The number of hydrogen-bond acceptors (Lipinski definition) is 4. The van der Waals surface area contributed by atoms with E-state index in [1.54, 1.807) is 18.2 Å². The van der Waals surface area contributed by atoms with Crippen LogP contribution in [0.4, 0.5) is 11.4 Å². The smallest absolute Gasteiger partial charge is 0.256 e. The highest BCUT2D eigenvalue weighted by Crippen LogP contribution is 2.30. The first-order valence-corrected chi connectivity index (χ1v) is 9.09. The summed E-state index contributed by atoms with van der Waals surface area (Å²) in [5.41, 5.74) is 4.19. The van der Waals surface area contributed by atoms with Crippen LogP contribution < -0.4 is 15.4 Å². The minimum Gasteiger partial charge on any atom is -0.495 e. The molecular weight excluding hydrogens is 354 g/mol. The molecule has 6 nitrogen and oxygen atoms in total. The van der Waals surface area contributed by atoms with Crippen molar-refractivity contribution in [1.29, 1.82) is 0 Å². The maximum Gasteiger partial charge on any atom is 0.256 e. The van der Waals surface area contributed by atoms with Gasteiger partial charge in [0.1, 0.15) is 5.75 Å². The number of carbonyl (C=O) groups excluding carboxylic acids is 2. The summed E-state index contributed by atoms with van der Waals surface area (Å²) >= 11 is 0. The second-order valence-corrected chi connectivity index (χ2v) is 6.48. The van der Waals surface area contributed by atoms with E-state index in [-0.39, 0.29) is 11.8 Å². The Labute approximate surface area is 163 Å². The van der Waals surface area contributed by atoms with Gasteiger partial charge in [0.2, 0.25) is 5.91 Å². The Kier molecular flexibility index (Phi) is 5.59. The summed E-state index contributed by atoms with van der Waals surface area (Å²) in [7, 11) is 1.53. The number of aryl methyl sites for hydroxylation is 1. The number of amides is 2.